The summed E-state index contributed by atoms with van der Waals surface area (Å²) in [7, 11) is 0. The lowest BCUT2D eigenvalue weighted by Gasteiger charge is -2.13. The van der Waals surface area contributed by atoms with Gasteiger partial charge >= 0.3 is 5.97 Å². The minimum atomic E-state index is -0.242. The van der Waals surface area contributed by atoms with Crippen molar-refractivity contribution < 1.29 is 13.9 Å². The number of carbonyl (C=O) groups excluding carboxylic acids is 1. The van der Waals surface area contributed by atoms with Crippen molar-refractivity contribution in [2.24, 2.45) is 0 Å². The van der Waals surface area contributed by atoms with Crippen LogP contribution >= 0.6 is 0 Å². The first-order valence-corrected chi connectivity index (χ1v) is 5.89. The Hall–Kier alpha value is -1.42. The van der Waals surface area contributed by atoms with E-state index in [2.05, 4.69) is 5.32 Å². The van der Waals surface area contributed by atoms with Crippen molar-refractivity contribution in [2.45, 2.75) is 31.8 Å². The Labute approximate surface area is 100.0 Å². The fourth-order valence-electron chi connectivity index (χ4n) is 2.13. The molecule has 1 aliphatic heterocycles. The third-order valence-corrected chi connectivity index (χ3v) is 2.99. The number of esters is 1. The molecule has 0 unspecified atom stereocenters. The van der Waals surface area contributed by atoms with Crippen LogP contribution in [0.25, 0.3) is 0 Å². The smallest absolute Gasteiger partial charge is 0.323 e. The zero-order valence-corrected chi connectivity index (χ0v) is 9.78. The van der Waals surface area contributed by atoms with Gasteiger partial charge in [0.15, 0.2) is 0 Å². The number of halogens is 1. The average molecular weight is 237 g/mol. The number of carbonyl (C=O) groups is 1. The summed E-state index contributed by atoms with van der Waals surface area (Å²) in [4.78, 5) is 11.5. The molecule has 3 nitrogen and oxygen atoms in total. The lowest BCUT2D eigenvalue weighted by Crippen LogP contribution is -2.33. The fourth-order valence-corrected chi connectivity index (χ4v) is 2.13. The van der Waals surface area contributed by atoms with Gasteiger partial charge < -0.3 is 4.74 Å². The number of rotatable bonds is 3. The standard InChI is InChI=1S/C13H16FNO2/c1-2-17-13(16)12-8-7-11(15-12)9-3-5-10(14)6-4-9/h3-6,11-12,15H,2,7-8H2,1H3/t11-,12+/m0/s1. The quantitative estimate of drug-likeness (QED) is 0.819. The molecular formula is C13H16FNO2. The Morgan fingerprint density at radius 3 is 2.76 bits per heavy atom. The van der Waals surface area contributed by atoms with E-state index in [1.807, 2.05) is 0 Å². The minimum Gasteiger partial charge on any atom is -0.465 e. The van der Waals surface area contributed by atoms with Crippen molar-refractivity contribution in [3.05, 3.63) is 35.6 Å². The molecule has 17 heavy (non-hydrogen) atoms. The lowest BCUT2D eigenvalue weighted by atomic mass is 10.1. The van der Waals surface area contributed by atoms with Gasteiger partial charge in [0.25, 0.3) is 0 Å². The van der Waals surface area contributed by atoms with Crippen LogP contribution in [0.3, 0.4) is 0 Å². The Bertz CT molecular complexity index is 391. The van der Waals surface area contributed by atoms with Gasteiger partial charge in [-0.2, -0.15) is 0 Å². The summed E-state index contributed by atoms with van der Waals surface area (Å²) < 4.78 is 17.8. The zero-order valence-electron chi connectivity index (χ0n) is 9.78. The van der Waals surface area contributed by atoms with Gasteiger partial charge in [-0.05, 0) is 37.5 Å². The highest BCUT2D eigenvalue weighted by atomic mass is 19.1. The molecule has 1 fully saturated rings. The molecule has 0 aliphatic carbocycles. The molecule has 1 N–H and O–H groups in total. The van der Waals surface area contributed by atoms with Crippen LogP contribution in [0.15, 0.2) is 24.3 Å². The molecule has 0 bridgehead atoms. The van der Waals surface area contributed by atoms with Crippen LogP contribution < -0.4 is 5.32 Å². The second-order valence-corrected chi connectivity index (χ2v) is 4.15. The van der Waals surface area contributed by atoms with Crippen molar-refractivity contribution in [1.29, 1.82) is 0 Å². The normalized spacial score (nSPS) is 23.6. The van der Waals surface area contributed by atoms with Crippen molar-refractivity contribution in [3.63, 3.8) is 0 Å². The first kappa shape index (κ1) is 12.0. The maximum Gasteiger partial charge on any atom is 0.323 e. The highest BCUT2D eigenvalue weighted by Crippen LogP contribution is 2.27. The second-order valence-electron chi connectivity index (χ2n) is 4.15. The third-order valence-electron chi connectivity index (χ3n) is 2.99. The Balaban J connectivity index is 1.98. The maximum atomic E-state index is 12.8. The van der Waals surface area contributed by atoms with E-state index in [0.717, 1.165) is 18.4 Å². The van der Waals surface area contributed by atoms with Gasteiger partial charge in [0.1, 0.15) is 11.9 Å². The summed E-state index contributed by atoms with van der Waals surface area (Å²) in [5.74, 6) is -0.439. The molecule has 0 radical (unpaired) electrons. The molecule has 0 amide bonds. The second kappa shape index (κ2) is 5.27. The minimum absolute atomic E-state index is 0.116. The summed E-state index contributed by atoms with van der Waals surface area (Å²) in [5, 5.41) is 3.21. The molecule has 1 aromatic rings. The van der Waals surface area contributed by atoms with Crippen molar-refractivity contribution >= 4 is 5.97 Å². The lowest BCUT2D eigenvalue weighted by molar-refractivity contribution is -0.145. The van der Waals surface area contributed by atoms with Gasteiger partial charge in [0.05, 0.1) is 6.61 Å². The molecular weight excluding hydrogens is 221 g/mol. The molecule has 92 valence electrons. The van der Waals surface area contributed by atoms with Crippen molar-refractivity contribution in [3.8, 4) is 0 Å². The zero-order chi connectivity index (χ0) is 12.3. The molecule has 4 heteroatoms. The number of ether oxygens (including phenoxy) is 1. The van der Waals surface area contributed by atoms with E-state index in [9.17, 15) is 9.18 Å². The molecule has 1 aliphatic rings. The summed E-state index contributed by atoms with van der Waals surface area (Å²) >= 11 is 0. The Morgan fingerprint density at radius 2 is 2.12 bits per heavy atom. The van der Waals surface area contributed by atoms with Crippen molar-refractivity contribution in [1.82, 2.24) is 5.32 Å². The number of nitrogens with one attached hydrogen (secondary N) is 1. The van der Waals surface area contributed by atoms with Gasteiger partial charge in [-0.1, -0.05) is 12.1 Å². The molecule has 1 aromatic carbocycles. The predicted octanol–water partition coefficient (Wildman–Crippen LogP) is 2.18. The van der Waals surface area contributed by atoms with Crippen LogP contribution in [-0.4, -0.2) is 18.6 Å². The van der Waals surface area contributed by atoms with Gasteiger partial charge in [-0.15, -0.1) is 0 Å². The predicted molar refractivity (Wildman–Crippen MR) is 61.9 cm³/mol. The molecule has 1 saturated heterocycles. The average Bonchev–Trinajstić information content (AvgIpc) is 2.80. The number of benzene rings is 1. The van der Waals surface area contributed by atoms with Crippen LogP contribution in [0, 0.1) is 5.82 Å². The molecule has 0 aromatic heterocycles. The number of hydrogen-bond donors (Lipinski definition) is 1. The van der Waals surface area contributed by atoms with Crippen molar-refractivity contribution in [2.75, 3.05) is 6.61 Å². The van der Waals surface area contributed by atoms with Crippen LogP contribution in [0.2, 0.25) is 0 Å². The maximum absolute atomic E-state index is 12.8. The van der Waals surface area contributed by atoms with Gasteiger partial charge in [-0.3, -0.25) is 10.1 Å². The highest BCUT2D eigenvalue weighted by Gasteiger charge is 2.30. The molecule has 1 heterocycles. The molecule has 2 atom stereocenters. The summed E-state index contributed by atoms with van der Waals surface area (Å²) in [6.07, 6.45) is 1.63. The molecule has 2 rings (SSSR count). The van der Waals surface area contributed by atoms with Crippen LogP contribution in [0.4, 0.5) is 4.39 Å². The van der Waals surface area contributed by atoms with Gasteiger partial charge in [0.2, 0.25) is 0 Å². The summed E-state index contributed by atoms with van der Waals surface area (Å²) in [5.41, 5.74) is 1.01. The molecule has 0 saturated carbocycles. The fraction of sp³-hybridized carbons (Fsp3) is 0.462. The highest BCUT2D eigenvalue weighted by molar-refractivity contribution is 5.76. The van der Waals surface area contributed by atoms with E-state index in [4.69, 9.17) is 4.74 Å². The van der Waals surface area contributed by atoms with E-state index >= 15 is 0 Å². The first-order chi connectivity index (χ1) is 8.20. The van der Waals surface area contributed by atoms with Crippen LogP contribution in [-0.2, 0) is 9.53 Å². The van der Waals surface area contributed by atoms with E-state index in [0.29, 0.717) is 6.61 Å². The van der Waals surface area contributed by atoms with E-state index in [1.165, 1.54) is 12.1 Å². The third kappa shape index (κ3) is 2.82. The monoisotopic (exact) mass is 237 g/mol. The number of hydrogen-bond acceptors (Lipinski definition) is 3. The summed E-state index contributed by atoms with van der Waals surface area (Å²) in [6.45, 7) is 2.20. The van der Waals surface area contributed by atoms with E-state index < -0.39 is 0 Å². The van der Waals surface area contributed by atoms with E-state index in [-0.39, 0.29) is 23.9 Å². The topological polar surface area (TPSA) is 38.3 Å². The Morgan fingerprint density at radius 1 is 1.41 bits per heavy atom. The molecule has 0 spiro atoms. The van der Waals surface area contributed by atoms with Gasteiger partial charge in [0, 0.05) is 6.04 Å². The van der Waals surface area contributed by atoms with Crippen LogP contribution in [0.5, 0.6) is 0 Å². The Kier molecular flexibility index (Phi) is 3.74. The van der Waals surface area contributed by atoms with Crippen LogP contribution in [0.1, 0.15) is 31.4 Å². The van der Waals surface area contributed by atoms with E-state index in [1.54, 1.807) is 19.1 Å². The van der Waals surface area contributed by atoms with Gasteiger partial charge in [-0.25, -0.2) is 4.39 Å². The SMILES string of the molecule is CCOC(=O)[C@H]1CC[C@@H](c2ccc(F)cc2)N1. The first-order valence-electron chi connectivity index (χ1n) is 5.89. The largest absolute Gasteiger partial charge is 0.465 e. The summed E-state index contributed by atoms with van der Waals surface area (Å²) in [6, 6.07) is 6.26.